The zero-order valence-corrected chi connectivity index (χ0v) is 15.4. The molecule has 2 aliphatic rings. The number of ether oxygens (including phenoxy) is 1. The van der Waals surface area contributed by atoms with Gasteiger partial charge in [0.2, 0.25) is 5.91 Å². The molecule has 2 heterocycles. The monoisotopic (exact) mass is 350 g/mol. The van der Waals surface area contributed by atoms with Gasteiger partial charge in [0.15, 0.2) is 11.6 Å². The number of nitrogens with one attached hydrogen (secondary N) is 1. The van der Waals surface area contributed by atoms with E-state index in [0.717, 1.165) is 19.4 Å². The molecule has 1 N–H and O–H groups in total. The number of aryl methyl sites for hydroxylation is 1. The first-order chi connectivity index (χ1) is 11.9. The van der Waals surface area contributed by atoms with E-state index in [0.29, 0.717) is 23.9 Å². The van der Waals surface area contributed by atoms with Gasteiger partial charge in [-0.3, -0.25) is 4.79 Å². The Morgan fingerprint density at radius 3 is 2.92 bits per heavy atom. The second-order valence-corrected chi connectivity index (χ2v) is 7.56. The van der Waals surface area contributed by atoms with Crippen molar-refractivity contribution in [2.75, 3.05) is 25.2 Å². The summed E-state index contributed by atoms with van der Waals surface area (Å²) in [5, 5.41) is 3.10. The Hall–Kier alpha value is -1.76. The van der Waals surface area contributed by atoms with Gasteiger partial charge < -0.3 is 15.0 Å². The van der Waals surface area contributed by atoms with Gasteiger partial charge >= 0.3 is 0 Å². The Balaban J connectivity index is 1.85. The average Bonchev–Trinajstić information content (AvgIpc) is 2.59. The molecule has 1 amide bonds. The third-order valence-corrected chi connectivity index (χ3v) is 5.71. The number of piperidine rings is 1. The third kappa shape index (κ3) is 2.99. The molecule has 0 radical (unpaired) electrons. The summed E-state index contributed by atoms with van der Waals surface area (Å²) in [6.45, 7) is 6.99. The molecule has 0 bridgehead atoms. The molecule has 1 saturated heterocycles. The van der Waals surface area contributed by atoms with Crippen molar-refractivity contribution in [2.45, 2.75) is 52.1 Å². The highest BCUT2D eigenvalue weighted by atomic mass is 19.1. The predicted octanol–water partition coefficient (Wildman–Crippen LogP) is 1.93. The fourth-order valence-corrected chi connectivity index (χ4v) is 4.66. The second-order valence-electron chi connectivity index (χ2n) is 7.56. The van der Waals surface area contributed by atoms with Gasteiger partial charge in [-0.15, -0.1) is 0 Å². The molecule has 7 heteroatoms. The molecule has 1 aromatic rings. The van der Waals surface area contributed by atoms with Crippen LogP contribution in [0.2, 0.25) is 0 Å². The molecule has 6 nitrogen and oxygen atoms in total. The number of amides is 1. The van der Waals surface area contributed by atoms with E-state index in [2.05, 4.69) is 34.0 Å². The summed E-state index contributed by atoms with van der Waals surface area (Å²) in [7, 11) is 1.51. The molecular weight excluding hydrogens is 323 g/mol. The van der Waals surface area contributed by atoms with Crippen molar-refractivity contribution in [3.8, 4) is 0 Å². The lowest BCUT2D eigenvalue weighted by Crippen LogP contribution is -2.75. The van der Waals surface area contributed by atoms with E-state index in [1.54, 1.807) is 0 Å². The Labute approximate surface area is 148 Å². The largest absolute Gasteiger partial charge is 0.375 e. The maximum Gasteiger partial charge on any atom is 0.246 e. The summed E-state index contributed by atoms with van der Waals surface area (Å²) >= 11 is 0. The van der Waals surface area contributed by atoms with E-state index in [1.165, 1.54) is 13.4 Å². The lowest BCUT2D eigenvalue weighted by molar-refractivity contribution is -0.131. The van der Waals surface area contributed by atoms with E-state index >= 15 is 0 Å². The molecule has 0 spiro atoms. The Morgan fingerprint density at radius 1 is 1.48 bits per heavy atom. The molecule has 1 saturated carbocycles. The number of halogens is 1. The number of aromatic nitrogens is 2. The molecule has 1 aliphatic heterocycles. The van der Waals surface area contributed by atoms with Crippen LogP contribution in [-0.2, 0) is 16.0 Å². The van der Waals surface area contributed by atoms with Crippen molar-refractivity contribution in [1.29, 1.82) is 0 Å². The van der Waals surface area contributed by atoms with Gasteiger partial charge in [-0.05, 0) is 19.3 Å². The number of anilines is 1. The normalized spacial score (nSPS) is 27.4. The van der Waals surface area contributed by atoms with Crippen LogP contribution < -0.4 is 10.2 Å². The first kappa shape index (κ1) is 18.0. The maximum atomic E-state index is 14.8. The SMILES string of the molecule is CCc1ncnc(N2CCCC3C(NC(=O)COC)C(C)(C)C32)c1F. The van der Waals surface area contributed by atoms with Gasteiger partial charge in [-0.25, -0.2) is 14.4 Å². The fourth-order valence-electron chi connectivity index (χ4n) is 4.66. The first-order valence-corrected chi connectivity index (χ1v) is 8.96. The number of methoxy groups -OCH3 is 1. The maximum absolute atomic E-state index is 14.8. The molecule has 2 fully saturated rings. The highest BCUT2D eigenvalue weighted by molar-refractivity contribution is 5.78. The molecule has 138 valence electrons. The van der Waals surface area contributed by atoms with Crippen molar-refractivity contribution >= 4 is 11.7 Å². The van der Waals surface area contributed by atoms with E-state index in [1.807, 2.05) is 6.92 Å². The van der Waals surface area contributed by atoms with Crippen LogP contribution >= 0.6 is 0 Å². The van der Waals surface area contributed by atoms with E-state index < -0.39 is 0 Å². The van der Waals surface area contributed by atoms with Gasteiger partial charge in [0.05, 0.1) is 5.69 Å². The van der Waals surface area contributed by atoms with Crippen LogP contribution in [0, 0.1) is 17.2 Å². The van der Waals surface area contributed by atoms with Crippen molar-refractivity contribution in [3.05, 3.63) is 17.8 Å². The number of hydrogen-bond donors (Lipinski definition) is 1. The standard InChI is InChI=1S/C18H27FN4O2/c1-5-12-14(19)17(21-10-20-12)23-8-6-7-11-15(18(2,3)16(11)23)22-13(24)9-25-4/h10-11,15-16H,5-9H2,1-4H3,(H,22,24). The summed E-state index contributed by atoms with van der Waals surface area (Å²) in [5.74, 6) is 0.284. The van der Waals surface area contributed by atoms with Crippen LogP contribution in [0.25, 0.3) is 0 Å². The summed E-state index contributed by atoms with van der Waals surface area (Å²) in [6.07, 6.45) is 3.97. The smallest absolute Gasteiger partial charge is 0.246 e. The minimum absolute atomic E-state index is 0.0636. The van der Waals surface area contributed by atoms with Crippen LogP contribution in [0.15, 0.2) is 6.33 Å². The highest BCUT2D eigenvalue weighted by Crippen LogP contribution is 2.53. The van der Waals surface area contributed by atoms with Crippen molar-refractivity contribution in [2.24, 2.45) is 11.3 Å². The minimum Gasteiger partial charge on any atom is -0.375 e. The zero-order valence-electron chi connectivity index (χ0n) is 15.4. The molecule has 0 aromatic carbocycles. The molecular formula is C18H27FN4O2. The number of nitrogens with zero attached hydrogens (tertiary/aromatic N) is 3. The molecule has 1 aromatic heterocycles. The Bertz CT molecular complexity index is 652. The summed E-state index contributed by atoms with van der Waals surface area (Å²) in [4.78, 5) is 22.3. The van der Waals surface area contributed by atoms with Crippen LogP contribution in [0.5, 0.6) is 0 Å². The minimum atomic E-state index is -0.312. The van der Waals surface area contributed by atoms with Gasteiger partial charge in [0.1, 0.15) is 12.9 Å². The number of carbonyl (C=O) groups excluding carboxylic acids is 1. The highest BCUT2D eigenvalue weighted by Gasteiger charge is 2.60. The average molecular weight is 350 g/mol. The quantitative estimate of drug-likeness (QED) is 0.879. The first-order valence-electron chi connectivity index (χ1n) is 8.96. The van der Waals surface area contributed by atoms with Crippen molar-refractivity contribution < 1.29 is 13.9 Å². The van der Waals surface area contributed by atoms with Gasteiger partial charge in [0.25, 0.3) is 0 Å². The van der Waals surface area contributed by atoms with Crippen LogP contribution in [0.1, 0.15) is 39.3 Å². The third-order valence-electron chi connectivity index (χ3n) is 5.71. The van der Waals surface area contributed by atoms with Gasteiger partial charge in [-0.1, -0.05) is 20.8 Å². The Kier molecular flexibility index (Phi) is 4.95. The number of fused-ring (bicyclic) bond motifs is 1. The lowest BCUT2D eigenvalue weighted by atomic mass is 9.52. The Morgan fingerprint density at radius 2 is 2.24 bits per heavy atom. The fraction of sp³-hybridized carbons (Fsp3) is 0.722. The van der Waals surface area contributed by atoms with Crippen LogP contribution in [-0.4, -0.2) is 48.2 Å². The second kappa shape index (κ2) is 6.86. The molecule has 3 rings (SSSR count). The van der Waals surface area contributed by atoms with Gasteiger partial charge in [-0.2, -0.15) is 0 Å². The topological polar surface area (TPSA) is 67.4 Å². The van der Waals surface area contributed by atoms with Gasteiger partial charge in [0, 0.05) is 37.1 Å². The predicted molar refractivity (Wildman–Crippen MR) is 92.8 cm³/mol. The zero-order chi connectivity index (χ0) is 18.2. The van der Waals surface area contributed by atoms with Crippen LogP contribution in [0.3, 0.4) is 0 Å². The van der Waals surface area contributed by atoms with Crippen LogP contribution in [0.4, 0.5) is 10.2 Å². The summed E-state index contributed by atoms with van der Waals surface area (Å²) in [5.41, 5.74) is 0.285. The summed E-state index contributed by atoms with van der Waals surface area (Å²) < 4.78 is 19.7. The molecule has 3 atom stereocenters. The number of hydrogen-bond acceptors (Lipinski definition) is 5. The molecule has 25 heavy (non-hydrogen) atoms. The van der Waals surface area contributed by atoms with E-state index in [4.69, 9.17) is 4.74 Å². The summed E-state index contributed by atoms with van der Waals surface area (Å²) in [6, 6.07) is 0.224. The van der Waals surface area contributed by atoms with Crippen molar-refractivity contribution in [3.63, 3.8) is 0 Å². The number of rotatable bonds is 5. The van der Waals surface area contributed by atoms with E-state index in [-0.39, 0.29) is 35.8 Å². The molecule has 1 aliphatic carbocycles. The molecule has 3 unspecified atom stereocenters. The number of carbonyl (C=O) groups is 1. The van der Waals surface area contributed by atoms with Crippen molar-refractivity contribution in [1.82, 2.24) is 15.3 Å². The lowest BCUT2D eigenvalue weighted by Gasteiger charge is -2.64. The van der Waals surface area contributed by atoms with E-state index in [9.17, 15) is 9.18 Å².